The molecular formula is C21H21NO7. The normalized spacial score (nSPS) is 20.6. The molecule has 2 atom stereocenters. The van der Waals surface area contributed by atoms with Crippen molar-refractivity contribution in [2.45, 2.75) is 38.1 Å². The molecular weight excluding hydrogens is 378 g/mol. The first-order valence-corrected chi connectivity index (χ1v) is 8.93. The molecule has 0 amide bonds. The van der Waals surface area contributed by atoms with Gasteiger partial charge in [-0.15, -0.1) is 0 Å². The Morgan fingerprint density at radius 2 is 1.66 bits per heavy atom. The summed E-state index contributed by atoms with van der Waals surface area (Å²) in [4.78, 5) is 35.1. The van der Waals surface area contributed by atoms with E-state index < -0.39 is 34.2 Å². The highest BCUT2D eigenvalue weighted by Crippen LogP contribution is 2.58. The average molecular weight is 399 g/mol. The molecule has 3 rings (SSSR count). The number of hydrogen-bond donors (Lipinski definition) is 0. The lowest BCUT2D eigenvalue weighted by atomic mass is 9.91. The SMILES string of the molecule is COC(=O)c1ccc(C2OC2(C(=O)OC(C)(C)C)c2ccc([N+](=O)[O-])cc2)cc1. The van der Waals surface area contributed by atoms with E-state index in [-0.39, 0.29) is 5.69 Å². The monoisotopic (exact) mass is 399 g/mol. The largest absolute Gasteiger partial charge is 0.465 e. The summed E-state index contributed by atoms with van der Waals surface area (Å²) in [6, 6.07) is 12.1. The van der Waals surface area contributed by atoms with Gasteiger partial charge in [-0.2, -0.15) is 0 Å². The zero-order chi connectivity index (χ0) is 21.4. The number of benzene rings is 2. The Labute approximate surface area is 167 Å². The van der Waals surface area contributed by atoms with Crippen molar-refractivity contribution in [2.75, 3.05) is 7.11 Å². The maximum absolute atomic E-state index is 13.0. The summed E-state index contributed by atoms with van der Waals surface area (Å²) < 4.78 is 16.1. The van der Waals surface area contributed by atoms with Crippen LogP contribution in [0.25, 0.3) is 0 Å². The quantitative estimate of drug-likeness (QED) is 0.326. The summed E-state index contributed by atoms with van der Waals surface area (Å²) >= 11 is 0. The number of epoxide rings is 1. The Bertz CT molecular complexity index is 944. The van der Waals surface area contributed by atoms with Gasteiger partial charge in [-0.05, 0) is 56.2 Å². The molecule has 2 aromatic carbocycles. The number of nitro groups is 1. The minimum atomic E-state index is -1.41. The van der Waals surface area contributed by atoms with Gasteiger partial charge in [0.2, 0.25) is 5.60 Å². The van der Waals surface area contributed by atoms with Crippen molar-refractivity contribution in [3.8, 4) is 0 Å². The maximum atomic E-state index is 13.0. The van der Waals surface area contributed by atoms with Crippen LogP contribution in [0.4, 0.5) is 5.69 Å². The van der Waals surface area contributed by atoms with Crippen LogP contribution < -0.4 is 0 Å². The van der Waals surface area contributed by atoms with E-state index in [2.05, 4.69) is 4.74 Å². The van der Waals surface area contributed by atoms with E-state index in [4.69, 9.17) is 9.47 Å². The van der Waals surface area contributed by atoms with Crippen LogP contribution in [-0.2, 0) is 24.6 Å². The standard InChI is InChI=1S/C21H21NO7/c1-20(2,3)29-19(24)21(15-9-11-16(12-10-15)22(25)26)17(28-21)13-5-7-14(8-6-13)18(23)27-4/h5-12,17H,1-4H3. The first kappa shape index (κ1) is 20.5. The number of methoxy groups -OCH3 is 1. The Kier molecular flexibility index (Phi) is 5.15. The van der Waals surface area contributed by atoms with E-state index in [0.717, 1.165) is 0 Å². The van der Waals surface area contributed by atoms with Crippen molar-refractivity contribution in [3.63, 3.8) is 0 Å². The lowest BCUT2D eigenvalue weighted by Crippen LogP contribution is -2.33. The van der Waals surface area contributed by atoms with Gasteiger partial charge in [0.25, 0.3) is 5.69 Å². The van der Waals surface area contributed by atoms with E-state index in [0.29, 0.717) is 16.7 Å². The van der Waals surface area contributed by atoms with Crippen LogP contribution in [0.15, 0.2) is 48.5 Å². The second-order valence-electron chi connectivity index (χ2n) is 7.65. The molecule has 0 radical (unpaired) electrons. The number of non-ortho nitro benzene ring substituents is 1. The molecule has 152 valence electrons. The summed E-state index contributed by atoms with van der Waals surface area (Å²) in [6.45, 7) is 5.24. The van der Waals surface area contributed by atoms with Crippen molar-refractivity contribution in [3.05, 3.63) is 75.3 Å². The maximum Gasteiger partial charge on any atom is 0.346 e. The van der Waals surface area contributed by atoms with Gasteiger partial charge in [0.15, 0.2) is 0 Å². The third-order valence-corrected chi connectivity index (χ3v) is 4.46. The fraction of sp³-hybridized carbons (Fsp3) is 0.333. The second kappa shape index (κ2) is 7.29. The molecule has 8 heteroatoms. The lowest BCUT2D eigenvalue weighted by Gasteiger charge is -2.23. The summed E-state index contributed by atoms with van der Waals surface area (Å²) in [7, 11) is 1.29. The van der Waals surface area contributed by atoms with Gasteiger partial charge < -0.3 is 14.2 Å². The van der Waals surface area contributed by atoms with Crippen molar-refractivity contribution < 1.29 is 28.7 Å². The van der Waals surface area contributed by atoms with Gasteiger partial charge in [0.05, 0.1) is 17.6 Å². The van der Waals surface area contributed by atoms with Gasteiger partial charge in [-0.25, -0.2) is 9.59 Å². The minimum absolute atomic E-state index is 0.0901. The summed E-state index contributed by atoms with van der Waals surface area (Å²) in [5, 5.41) is 10.9. The van der Waals surface area contributed by atoms with E-state index in [1.54, 1.807) is 45.0 Å². The predicted octanol–water partition coefficient (Wildman–Crippen LogP) is 3.69. The van der Waals surface area contributed by atoms with Crippen LogP contribution in [0.5, 0.6) is 0 Å². The first-order valence-electron chi connectivity index (χ1n) is 8.93. The van der Waals surface area contributed by atoms with E-state index >= 15 is 0 Å². The molecule has 0 aromatic heterocycles. The molecule has 1 aliphatic heterocycles. The second-order valence-corrected chi connectivity index (χ2v) is 7.65. The number of nitrogens with zero attached hydrogens (tertiary/aromatic N) is 1. The molecule has 8 nitrogen and oxygen atoms in total. The van der Waals surface area contributed by atoms with Gasteiger partial charge in [-0.1, -0.05) is 12.1 Å². The van der Waals surface area contributed by atoms with E-state index in [1.165, 1.54) is 31.4 Å². The molecule has 0 saturated carbocycles. The summed E-state index contributed by atoms with van der Waals surface area (Å²) in [6.07, 6.45) is -0.648. The third kappa shape index (κ3) is 3.97. The lowest BCUT2D eigenvalue weighted by molar-refractivity contribution is -0.384. The average Bonchev–Trinajstić information content (AvgIpc) is 3.43. The van der Waals surface area contributed by atoms with Crippen LogP contribution in [0.1, 0.15) is 48.4 Å². The van der Waals surface area contributed by atoms with Gasteiger partial charge in [0, 0.05) is 12.1 Å². The molecule has 0 N–H and O–H groups in total. The Morgan fingerprint density at radius 3 is 2.14 bits per heavy atom. The molecule has 2 unspecified atom stereocenters. The van der Waals surface area contributed by atoms with Gasteiger partial charge in [0.1, 0.15) is 11.7 Å². The van der Waals surface area contributed by atoms with Crippen molar-refractivity contribution in [2.24, 2.45) is 0 Å². The Morgan fingerprint density at radius 1 is 1.07 bits per heavy atom. The molecule has 1 heterocycles. The number of carbonyl (C=O) groups excluding carboxylic acids is 2. The zero-order valence-corrected chi connectivity index (χ0v) is 16.5. The van der Waals surface area contributed by atoms with E-state index in [9.17, 15) is 19.7 Å². The molecule has 29 heavy (non-hydrogen) atoms. The molecule has 0 spiro atoms. The fourth-order valence-corrected chi connectivity index (χ4v) is 3.04. The van der Waals surface area contributed by atoms with Crippen LogP contribution in [0, 0.1) is 10.1 Å². The summed E-state index contributed by atoms with van der Waals surface area (Å²) in [5.74, 6) is -1.05. The minimum Gasteiger partial charge on any atom is -0.465 e. The molecule has 1 fully saturated rings. The number of ether oxygens (including phenoxy) is 3. The number of rotatable bonds is 5. The zero-order valence-electron chi connectivity index (χ0n) is 16.5. The van der Waals surface area contributed by atoms with Crippen molar-refractivity contribution in [1.82, 2.24) is 0 Å². The van der Waals surface area contributed by atoms with Gasteiger partial charge in [-0.3, -0.25) is 10.1 Å². The molecule has 0 aliphatic carbocycles. The fourth-order valence-electron chi connectivity index (χ4n) is 3.04. The van der Waals surface area contributed by atoms with Gasteiger partial charge >= 0.3 is 11.9 Å². The third-order valence-electron chi connectivity index (χ3n) is 4.46. The topological polar surface area (TPSA) is 108 Å². The number of hydrogen-bond acceptors (Lipinski definition) is 7. The molecule has 1 aliphatic rings. The van der Waals surface area contributed by atoms with Crippen molar-refractivity contribution in [1.29, 1.82) is 0 Å². The number of esters is 2. The Hall–Kier alpha value is -3.26. The van der Waals surface area contributed by atoms with Crippen LogP contribution in [-0.4, -0.2) is 29.6 Å². The molecule has 2 aromatic rings. The smallest absolute Gasteiger partial charge is 0.346 e. The number of nitro benzene ring substituents is 1. The highest BCUT2D eigenvalue weighted by molar-refractivity contribution is 5.89. The van der Waals surface area contributed by atoms with Crippen LogP contribution in [0.2, 0.25) is 0 Å². The predicted molar refractivity (Wildman–Crippen MR) is 102 cm³/mol. The molecule has 1 saturated heterocycles. The first-order chi connectivity index (χ1) is 13.6. The van der Waals surface area contributed by atoms with Crippen LogP contribution >= 0.6 is 0 Å². The van der Waals surface area contributed by atoms with E-state index in [1.807, 2.05) is 0 Å². The van der Waals surface area contributed by atoms with Crippen LogP contribution in [0.3, 0.4) is 0 Å². The Balaban J connectivity index is 1.96. The summed E-state index contributed by atoms with van der Waals surface area (Å²) in [5.41, 5.74) is -0.741. The highest BCUT2D eigenvalue weighted by atomic mass is 16.7. The highest BCUT2D eigenvalue weighted by Gasteiger charge is 2.66. The number of carbonyl (C=O) groups is 2. The van der Waals surface area contributed by atoms with Crippen molar-refractivity contribution >= 4 is 17.6 Å². The molecule has 0 bridgehead atoms.